The van der Waals surface area contributed by atoms with Gasteiger partial charge in [0.05, 0.1) is 36.4 Å². The predicted octanol–water partition coefficient (Wildman–Crippen LogP) is 10.8. The van der Waals surface area contributed by atoms with Crippen molar-refractivity contribution in [1.29, 1.82) is 0 Å². The molecule has 12 heteroatoms. The van der Waals surface area contributed by atoms with Crippen LogP contribution in [0, 0.1) is 24.7 Å². The average Bonchev–Trinajstić information content (AvgIpc) is 3.35. The lowest BCUT2D eigenvalue weighted by atomic mass is 9.55. The Balaban J connectivity index is 1.33. The van der Waals surface area contributed by atoms with Crippen LogP contribution in [0.3, 0.4) is 0 Å². The highest BCUT2D eigenvalue weighted by Gasteiger charge is 2.65. The van der Waals surface area contributed by atoms with Gasteiger partial charge < -0.3 is 34.0 Å². The number of aliphatic hydroxyl groups is 2. The number of amides is 1. The molecule has 352 valence electrons. The van der Waals surface area contributed by atoms with Crippen LogP contribution >= 0.6 is 11.6 Å². The van der Waals surface area contributed by atoms with Crippen molar-refractivity contribution in [2.45, 2.75) is 89.4 Å². The third-order valence-electron chi connectivity index (χ3n) is 13.4. The molecule has 67 heavy (non-hydrogen) atoms. The Kier molecular flexibility index (Phi) is 16.3. The molecule has 2 heterocycles. The molecule has 0 saturated heterocycles. The van der Waals surface area contributed by atoms with Crippen LogP contribution in [0.1, 0.15) is 78.9 Å². The van der Waals surface area contributed by atoms with Gasteiger partial charge in [-0.1, -0.05) is 109 Å². The number of rotatable bonds is 22. The summed E-state index contributed by atoms with van der Waals surface area (Å²) in [5, 5.41) is 27.1. The van der Waals surface area contributed by atoms with Gasteiger partial charge in [-0.15, -0.1) is 18.2 Å². The Hall–Kier alpha value is -5.72. The number of allylic oxidation sites excluding steroid dienone is 1. The minimum absolute atomic E-state index is 0.00495. The minimum Gasteiger partial charge on any atom is -0.487 e. The lowest BCUT2D eigenvalue weighted by molar-refractivity contribution is -0.256. The second kappa shape index (κ2) is 22.9. The molecule has 2 aliphatic carbocycles. The van der Waals surface area contributed by atoms with E-state index in [9.17, 15) is 15.0 Å². The number of hydrogen-bond acceptors (Lipinski definition) is 10. The molecule has 1 aromatic heterocycles. The van der Waals surface area contributed by atoms with E-state index >= 15 is 0 Å². The summed E-state index contributed by atoms with van der Waals surface area (Å²) in [6.07, 6.45) is 8.25. The van der Waals surface area contributed by atoms with E-state index in [-0.39, 0.29) is 76.2 Å². The molecule has 8 rings (SSSR count). The SMILES string of the molecule is C=CCO[C@@]12Oc3ccc(OCc4cccc(C)n4)cc3[C@H]3[C@H](CCCCO)[C@@H](CCCCO)C=C(C(=NOCc4ccccc4)C[C@@H]1N(Cc1cccc4ccccc14)C(=O)OCCCl)[C@H]32. The number of alkyl halides is 1. The minimum atomic E-state index is -1.49. The Morgan fingerprint density at radius 1 is 0.940 bits per heavy atom. The van der Waals surface area contributed by atoms with Crippen LogP contribution in [0.5, 0.6) is 11.5 Å². The number of fused-ring (bicyclic) bond motifs is 3. The van der Waals surface area contributed by atoms with E-state index in [2.05, 4.69) is 41.9 Å². The van der Waals surface area contributed by atoms with Gasteiger partial charge in [-0.2, -0.15) is 0 Å². The zero-order valence-corrected chi connectivity index (χ0v) is 39.1. The van der Waals surface area contributed by atoms with Crippen LogP contribution in [0.4, 0.5) is 4.79 Å². The molecule has 4 aromatic carbocycles. The number of halogens is 1. The maximum Gasteiger partial charge on any atom is 0.410 e. The number of oxime groups is 1. The van der Waals surface area contributed by atoms with Crippen molar-refractivity contribution in [3.8, 4) is 11.5 Å². The highest BCUT2D eigenvalue weighted by molar-refractivity contribution is 6.18. The van der Waals surface area contributed by atoms with Crippen molar-refractivity contribution < 1.29 is 38.8 Å². The molecule has 1 saturated carbocycles. The van der Waals surface area contributed by atoms with Gasteiger partial charge in [0.25, 0.3) is 0 Å². The van der Waals surface area contributed by atoms with Crippen LogP contribution in [-0.4, -0.2) is 76.0 Å². The van der Waals surface area contributed by atoms with Crippen molar-refractivity contribution in [2.75, 3.05) is 32.3 Å². The van der Waals surface area contributed by atoms with Crippen LogP contribution in [-0.2, 0) is 34.1 Å². The number of ether oxygens (including phenoxy) is 4. The van der Waals surface area contributed by atoms with Crippen LogP contribution in [0.25, 0.3) is 10.8 Å². The summed E-state index contributed by atoms with van der Waals surface area (Å²) >= 11 is 6.19. The van der Waals surface area contributed by atoms with Gasteiger partial charge >= 0.3 is 6.09 Å². The van der Waals surface area contributed by atoms with E-state index in [1.54, 1.807) is 11.0 Å². The van der Waals surface area contributed by atoms with Crippen LogP contribution < -0.4 is 9.47 Å². The Morgan fingerprint density at radius 2 is 1.72 bits per heavy atom. The summed E-state index contributed by atoms with van der Waals surface area (Å²) in [7, 11) is 0. The van der Waals surface area contributed by atoms with Crippen LogP contribution in [0.15, 0.2) is 139 Å². The molecular weight excluding hydrogens is 866 g/mol. The molecule has 0 unspecified atom stereocenters. The Labute approximate surface area is 399 Å². The van der Waals surface area contributed by atoms with Gasteiger partial charge in [0.1, 0.15) is 37.4 Å². The van der Waals surface area contributed by atoms with Crippen molar-refractivity contribution in [2.24, 2.45) is 22.9 Å². The quantitative estimate of drug-likeness (QED) is 0.0301. The van der Waals surface area contributed by atoms with E-state index in [4.69, 9.17) is 40.5 Å². The maximum absolute atomic E-state index is 14.9. The van der Waals surface area contributed by atoms with Crippen molar-refractivity contribution in [1.82, 2.24) is 9.88 Å². The first-order chi connectivity index (χ1) is 32.9. The third kappa shape index (κ3) is 10.9. The molecule has 6 atom stereocenters. The molecule has 2 N–H and O–H groups in total. The standard InChI is InChI=1S/C55H62ClN3O8/c1-3-30-65-55-51(59(54(62)63-31-27-56)35-42-21-14-20-40-18-7-8-23-45(40)42)34-49(58-66-36-39-16-5-4-6-17-39)47-32-41(19-9-11-28-60)46(24-10-12-29-61)52(53(47)55)48-33-44(25-26-50(48)67-55)64-37-43-22-13-15-38(2)57-43/h3-8,13-18,20-23,25-26,32-33,41,46,51-53,60-61H,1,9-12,19,24,27-31,34-37H2,2H3/t41-,46+,51-,52+,53+,55+/m0/s1. The highest BCUT2D eigenvalue weighted by atomic mass is 35.5. The van der Waals surface area contributed by atoms with E-state index in [0.717, 1.165) is 70.1 Å². The second-order valence-electron chi connectivity index (χ2n) is 17.7. The summed E-state index contributed by atoms with van der Waals surface area (Å²) in [5.41, 5.74) is 6.20. The lowest BCUT2D eigenvalue weighted by Gasteiger charge is -2.59. The van der Waals surface area contributed by atoms with E-state index in [0.29, 0.717) is 30.1 Å². The predicted molar refractivity (Wildman–Crippen MR) is 261 cm³/mol. The largest absolute Gasteiger partial charge is 0.487 e. The third-order valence-corrected chi connectivity index (χ3v) is 13.5. The molecule has 0 radical (unpaired) electrons. The molecule has 3 aliphatic rings. The number of aliphatic hydroxyl groups excluding tert-OH is 2. The summed E-state index contributed by atoms with van der Waals surface area (Å²) in [6, 6.07) is 35.2. The number of carbonyl (C=O) groups excluding carboxylic acids is 1. The fourth-order valence-corrected chi connectivity index (χ4v) is 10.5. The van der Waals surface area contributed by atoms with Crippen molar-refractivity contribution in [3.63, 3.8) is 0 Å². The van der Waals surface area contributed by atoms with E-state index < -0.39 is 23.8 Å². The van der Waals surface area contributed by atoms with Gasteiger partial charge in [-0.3, -0.25) is 9.88 Å². The van der Waals surface area contributed by atoms with E-state index in [1.807, 2.05) is 91.9 Å². The smallest absolute Gasteiger partial charge is 0.410 e. The lowest BCUT2D eigenvalue weighted by Crippen LogP contribution is -2.70. The maximum atomic E-state index is 14.9. The van der Waals surface area contributed by atoms with Crippen LogP contribution in [0.2, 0.25) is 0 Å². The monoisotopic (exact) mass is 927 g/mol. The molecule has 11 nitrogen and oxygen atoms in total. The van der Waals surface area contributed by atoms with Gasteiger partial charge in [-0.25, -0.2) is 4.79 Å². The summed E-state index contributed by atoms with van der Waals surface area (Å²) in [5.74, 6) is -0.747. The number of unbranched alkanes of at least 4 members (excludes halogenated alkanes) is 2. The first-order valence-electron chi connectivity index (χ1n) is 23.6. The topological polar surface area (TPSA) is 132 Å². The molecule has 0 spiro atoms. The first-order valence-corrected chi connectivity index (χ1v) is 24.2. The number of carbonyl (C=O) groups is 1. The Bertz CT molecular complexity index is 2510. The number of nitrogens with zero attached hydrogens (tertiary/aromatic N) is 3. The number of aryl methyl sites for hydroxylation is 1. The summed E-state index contributed by atoms with van der Waals surface area (Å²) in [4.78, 5) is 27.6. The van der Waals surface area contributed by atoms with Gasteiger partial charge in [0.15, 0.2) is 0 Å². The molecule has 0 bridgehead atoms. The molecule has 5 aromatic rings. The zero-order valence-electron chi connectivity index (χ0n) is 38.3. The zero-order chi connectivity index (χ0) is 46.6. The fourth-order valence-electron chi connectivity index (χ4n) is 10.5. The molecule has 1 aliphatic heterocycles. The van der Waals surface area contributed by atoms with Gasteiger partial charge in [0.2, 0.25) is 5.79 Å². The Morgan fingerprint density at radius 3 is 2.51 bits per heavy atom. The second-order valence-corrected chi connectivity index (χ2v) is 18.0. The molecule has 1 amide bonds. The van der Waals surface area contributed by atoms with Gasteiger partial charge in [0, 0.05) is 36.8 Å². The van der Waals surface area contributed by atoms with Crippen molar-refractivity contribution >= 4 is 34.2 Å². The van der Waals surface area contributed by atoms with Gasteiger partial charge in [-0.05, 0) is 102 Å². The first kappa shape index (κ1) is 47.8. The molecular formula is C55H62ClN3O8. The number of hydrogen-bond donors (Lipinski definition) is 2. The average molecular weight is 929 g/mol. The number of aromatic nitrogens is 1. The normalized spacial score (nSPS) is 22.2. The van der Waals surface area contributed by atoms with Crippen molar-refractivity contribution in [3.05, 3.63) is 162 Å². The number of pyridine rings is 1. The van der Waals surface area contributed by atoms with E-state index in [1.165, 1.54) is 0 Å². The summed E-state index contributed by atoms with van der Waals surface area (Å²) < 4.78 is 27.2. The highest BCUT2D eigenvalue weighted by Crippen LogP contribution is 2.62. The fraction of sp³-hybridized carbons (Fsp3) is 0.400. The molecule has 1 fully saturated rings. The number of benzene rings is 4. The summed E-state index contributed by atoms with van der Waals surface area (Å²) in [6.45, 7) is 7.05.